The van der Waals surface area contributed by atoms with Gasteiger partial charge in [-0.25, -0.2) is 4.79 Å². The number of carbonyl (C=O) groups excluding carboxylic acids is 2. The van der Waals surface area contributed by atoms with Gasteiger partial charge in [-0.15, -0.1) is 0 Å². The predicted octanol–water partition coefficient (Wildman–Crippen LogP) is 1.22. The van der Waals surface area contributed by atoms with Crippen molar-refractivity contribution in [1.29, 1.82) is 0 Å². The van der Waals surface area contributed by atoms with Crippen LogP contribution in [0.25, 0.3) is 0 Å². The highest BCUT2D eigenvalue weighted by Crippen LogP contribution is 2.31. The van der Waals surface area contributed by atoms with Crippen molar-refractivity contribution in [2.75, 3.05) is 6.61 Å². The lowest BCUT2D eigenvalue weighted by Crippen LogP contribution is -2.55. The Morgan fingerprint density at radius 2 is 1.83 bits per heavy atom. The molecular weight excluding hydrogens is 230 g/mol. The molecule has 0 heterocycles. The van der Waals surface area contributed by atoms with Crippen molar-refractivity contribution < 1.29 is 14.3 Å². The van der Waals surface area contributed by atoms with Crippen LogP contribution in [0.2, 0.25) is 0 Å². The van der Waals surface area contributed by atoms with E-state index in [0.29, 0.717) is 19.4 Å². The number of hydrogen-bond acceptors (Lipinski definition) is 3. The summed E-state index contributed by atoms with van der Waals surface area (Å²) < 4.78 is 5.11. The first-order valence-corrected chi connectivity index (χ1v) is 6.10. The number of ether oxygens (including phenoxy) is 1. The van der Waals surface area contributed by atoms with Crippen molar-refractivity contribution in [3.05, 3.63) is 35.4 Å². The van der Waals surface area contributed by atoms with E-state index < -0.39 is 5.54 Å². The maximum Gasteiger partial charge on any atom is 0.332 e. The Labute approximate surface area is 106 Å². The van der Waals surface area contributed by atoms with Crippen molar-refractivity contribution in [1.82, 2.24) is 5.32 Å². The highest BCUT2D eigenvalue weighted by Gasteiger charge is 2.45. The first-order chi connectivity index (χ1) is 8.57. The molecule has 1 aromatic carbocycles. The number of rotatable bonds is 3. The molecule has 18 heavy (non-hydrogen) atoms. The summed E-state index contributed by atoms with van der Waals surface area (Å²) in [4.78, 5) is 23.5. The average molecular weight is 247 g/mol. The van der Waals surface area contributed by atoms with Gasteiger partial charge in [0.25, 0.3) is 0 Å². The van der Waals surface area contributed by atoms with Gasteiger partial charge in [0.1, 0.15) is 5.54 Å². The van der Waals surface area contributed by atoms with Gasteiger partial charge in [0.05, 0.1) is 6.61 Å². The molecule has 2 rings (SSSR count). The summed E-state index contributed by atoms with van der Waals surface area (Å²) in [7, 11) is 0. The second-order valence-corrected chi connectivity index (χ2v) is 4.61. The van der Waals surface area contributed by atoms with Crippen molar-refractivity contribution in [2.45, 2.75) is 32.2 Å². The summed E-state index contributed by atoms with van der Waals surface area (Å²) in [5.74, 6) is -0.563. The minimum absolute atomic E-state index is 0.212. The normalized spacial score (nSPS) is 15.9. The van der Waals surface area contributed by atoms with E-state index in [-0.39, 0.29) is 11.9 Å². The van der Waals surface area contributed by atoms with Crippen molar-refractivity contribution in [2.24, 2.45) is 0 Å². The van der Waals surface area contributed by atoms with Crippen LogP contribution in [0, 0.1) is 0 Å². The van der Waals surface area contributed by atoms with Crippen LogP contribution in [0.3, 0.4) is 0 Å². The maximum atomic E-state index is 12.1. The van der Waals surface area contributed by atoms with Crippen LogP contribution in [-0.2, 0) is 27.2 Å². The van der Waals surface area contributed by atoms with Gasteiger partial charge >= 0.3 is 5.97 Å². The summed E-state index contributed by atoms with van der Waals surface area (Å²) in [6.07, 6.45) is 1.00. The molecule has 0 saturated carbocycles. The lowest BCUT2D eigenvalue weighted by molar-refractivity contribution is -0.152. The summed E-state index contributed by atoms with van der Waals surface area (Å²) in [6.45, 7) is 3.50. The molecule has 0 bridgehead atoms. The molecule has 4 nitrogen and oxygen atoms in total. The van der Waals surface area contributed by atoms with Crippen LogP contribution in [0.5, 0.6) is 0 Å². The molecule has 0 saturated heterocycles. The lowest BCUT2D eigenvalue weighted by atomic mass is 9.95. The topological polar surface area (TPSA) is 55.4 Å². The number of hydrogen-bond donors (Lipinski definition) is 1. The molecule has 0 radical (unpaired) electrons. The molecule has 1 N–H and O–H groups in total. The summed E-state index contributed by atoms with van der Waals surface area (Å²) >= 11 is 0. The van der Waals surface area contributed by atoms with Crippen LogP contribution >= 0.6 is 0 Å². The third-order valence-corrected chi connectivity index (χ3v) is 3.18. The molecule has 1 aliphatic rings. The lowest BCUT2D eigenvalue weighted by Gasteiger charge is -2.27. The number of fused-ring (bicyclic) bond motifs is 1. The van der Waals surface area contributed by atoms with Gasteiger partial charge in [-0.05, 0) is 18.1 Å². The van der Waals surface area contributed by atoms with Crippen LogP contribution in [0.4, 0.5) is 0 Å². The van der Waals surface area contributed by atoms with Gasteiger partial charge < -0.3 is 10.1 Å². The molecule has 0 spiro atoms. The molecule has 0 fully saturated rings. The van der Waals surface area contributed by atoms with E-state index in [1.807, 2.05) is 24.3 Å². The minimum Gasteiger partial charge on any atom is -0.464 e. The molecule has 96 valence electrons. The monoisotopic (exact) mass is 247 g/mol. The van der Waals surface area contributed by atoms with E-state index in [1.165, 1.54) is 6.92 Å². The molecular formula is C14H17NO3. The summed E-state index contributed by atoms with van der Waals surface area (Å²) in [5.41, 5.74) is 1.27. The van der Waals surface area contributed by atoms with Crippen molar-refractivity contribution in [3.8, 4) is 0 Å². The first kappa shape index (κ1) is 12.6. The van der Waals surface area contributed by atoms with Gasteiger partial charge in [-0.2, -0.15) is 0 Å². The minimum atomic E-state index is -0.925. The van der Waals surface area contributed by atoms with Crippen molar-refractivity contribution in [3.63, 3.8) is 0 Å². The number of carbonyl (C=O) groups is 2. The first-order valence-electron chi connectivity index (χ1n) is 6.10. The van der Waals surface area contributed by atoms with E-state index in [9.17, 15) is 9.59 Å². The molecule has 0 aromatic heterocycles. The average Bonchev–Trinajstić information content (AvgIpc) is 2.67. The van der Waals surface area contributed by atoms with Gasteiger partial charge in [0.2, 0.25) is 5.91 Å². The van der Waals surface area contributed by atoms with E-state index in [4.69, 9.17) is 4.74 Å². The van der Waals surface area contributed by atoms with Gasteiger partial charge in [0, 0.05) is 19.8 Å². The predicted molar refractivity (Wildman–Crippen MR) is 67.0 cm³/mol. The standard InChI is InChI=1S/C14H17NO3/c1-3-18-13(17)14(15-10(2)16)8-11-6-4-5-7-12(11)9-14/h4-7H,3,8-9H2,1-2H3,(H,15,16). The van der Waals surface area contributed by atoms with Crippen LogP contribution < -0.4 is 5.32 Å². The summed E-state index contributed by atoms with van der Waals surface area (Å²) in [5, 5.41) is 2.77. The van der Waals surface area contributed by atoms with Gasteiger partial charge in [-0.3, -0.25) is 4.79 Å². The fourth-order valence-corrected chi connectivity index (χ4v) is 2.51. The fourth-order valence-electron chi connectivity index (χ4n) is 2.51. The highest BCUT2D eigenvalue weighted by molar-refractivity contribution is 5.89. The van der Waals surface area contributed by atoms with Crippen LogP contribution in [0.1, 0.15) is 25.0 Å². The van der Waals surface area contributed by atoms with Gasteiger partial charge in [0.15, 0.2) is 0 Å². The molecule has 4 heteroatoms. The molecule has 1 aliphatic carbocycles. The molecule has 1 aromatic rings. The van der Waals surface area contributed by atoms with E-state index in [1.54, 1.807) is 6.92 Å². The Hall–Kier alpha value is -1.84. The second-order valence-electron chi connectivity index (χ2n) is 4.61. The third-order valence-electron chi connectivity index (χ3n) is 3.18. The summed E-state index contributed by atoms with van der Waals surface area (Å²) in [6, 6.07) is 7.85. The van der Waals surface area contributed by atoms with Crippen molar-refractivity contribution >= 4 is 11.9 Å². The molecule has 0 unspecified atom stereocenters. The number of benzene rings is 1. The largest absolute Gasteiger partial charge is 0.464 e. The zero-order valence-electron chi connectivity index (χ0n) is 10.7. The number of nitrogens with one attached hydrogen (secondary N) is 1. The Morgan fingerprint density at radius 1 is 1.28 bits per heavy atom. The Bertz CT molecular complexity index is 457. The number of esters is 1. The fraction of sp³-hybridized carbons (Fsp3) is 0.429. The van der Waals surface area contributed by atoms with Gasteiger partial charge in [-0.1, -0.05) is 24.3 Å². The third kappa shape index (κ3) is 2.23. The maximum absolute atomic E-state index is 12.1. The van der Waals surface area contributed by atoms with E-state index in [2.05, 4.69) is 5.32 Å². The van der Waals surface area contributed by atoms with E-state index >= 15 is 0 Å². The zero-order valence-corrected chi connectivity index (χ0v) is 10.7. The smallest absolute Gasteiger partial charge is 0.332 e. The quantitative estimate of drug-likeness (QED) is 0.817. The Balaban J connectivity index is 2.30. The second kappa shape index (κ2) is 4.80. The zero-order chi connectivity index (χ0) is 13.2. The molecule has 1 amide bonds. The van der Waals surface area contributed by atoms with Crippen LogP contribution in [0.15, 0.2) is 24.3 Å². The van der Waals surface area contributed by atoms with Crippen LogP contribution in [-0.4, -0.2) is 24.0 Å². The SMILES string of the molecule is CCOC(=O)C1(NC(C)=O)Cc2ccccc2C1. The molecule has 0 aliphatic heterocycles. The Kier molecular flexibility index (Phi) is 3.36. The highest BCUT2D eigenvalue weighted by atomic mass is 16.5. The number of amides is 1. The Morgan fingerprint density at radius 3 is 2.28 bits per heavy atom. The van der Waals surface area contributed by atoms with E-state index in [0.717, 1.165) is 11.1 Å². The molecule has 0 atom stereocenters.